The van der Waals surface area contributed by atoms with Crippen LogP contribution in [0.25, 0.3) is 0 Å². The maximum Gasteiger partial charge on any atom is 0.274 e. The average molecular weight is 359 g/mol. The molecule has 1 rings (SSSR count). The lowest BCUT2D eigenvalue weighted by Crippen LogP contribution is -2.26. The first-order valence-electron chi connectivity index (χ1n) is 7.30. The molecule has 0 radical (unpaired) electrons. The van der Waals surface area contributed by atoms with Crippen molar-refractivity contribution in [2.75, 3.05) is 52.0 Å². The molecule has 0 fully saturated rings. The molecule has 1 aliphatic heterocycles. The monoisotopic (exact) mass is 358 g/mol. The second-order valence-corrected chi connectivity index (χ2v) is 8.20. The van der Waals surface area contributed by atoms with E-state index in [2.05, 4.69) is 52.7 Å². The number of nitro groups is 1. The molecule has 0 saturated heterocycles. The van der Waals surface area contributed by atoms with Gasteiger partial charge in [-0.15, -0.1) is 0 Å². The zero-order chi connectivity index (χ0) is 17.2. The van der Waals surface area contributed by atoms with Gasteiger partial charge in [-0.1, -0.05) is 6.08 Å². The fraction of sp³-hybridized carbons (Fsp3) is 0.533. The Labute approximate surface area is 145 Å². The quantitative estimate of drug-likeness (QED) is 0.268. The zero-order valence-corrected chi connectivity index (χ0v) is 15.8. The van der Waals surface area contributed by atoms with Gasteiger partial charge in [0, 0.05) is 31.6 Å². The standard InChI is InChI=1S/C15H26N4O2S2/c1-16-15(10-19(20)21)17-6-7-22-11-13-5-8-23(4)12-14(13)9-18(2)3/h5,8,10,12,16-17H,6-7,9,11H2,1-4H3. The lowest BCUT2D eigenvalue weighted by atomic mass is 10.1. The number of nitrogens with zero attached hydrogens (tertiary/aromatic N) is 2. The van der Waals surface area contributed by atoms with Gasteiger partial charge in [0.1, 0.15) is 0 Å². The second-order valence-electron chi connectivity index (χ2n) is 5.37. The van der Waals surface area contributed by atoms with E-state index in [1.807, 2.05) is 11.8 Å². The third-order valence-corrected chi connectivity index (χ3v) is 5.26. The molecule has 0 aromatic carbocycles. The van der Waals surface area contributed by atoms with Gasteiger partial charge in [0.2, 0.25) is 0 Å². The molecule has 130 valence electrons. The summed E-state index contributed by atoms with van der Waals surface area (Å²) >= 11 is 1.83. The number of hydrogen-bond acceptors (Lipinski definition) is 6. The summed E-state index contributed by atoms with van der Waals surface area (Å²) in [7, 11) is 6.07. The molecular formula is C15H26N4O2S2. The summed E-state index contributed by atoms with van der Waals surface area (Å²) in [5.74, 6) is 2.29. The van der Waals surface area contributed by atoms with E-state index in [1.165, 1.54) is 11.1 Å². The van der Waals surface area contributed by atoms with Crippen LogP contribution in [0.4, 0.5) is 0 Å². The molecule has 2 N–H and O–H groups in total. The molecule has 0 aliphatic carbocycles. The van der Waals surface area contributed by atoms with Crippen LogP contribution in [0.2, 0.25) is 0 Å². The highest BCUT2D eigenvalue weighted by Crippen LogP contribution is 2.23. The highest BCUT2D eigenvalue weighted by molar-refractivity contribution is 8.17. The molecule has 0 amide bonds. The SMILES string of the molecule is CNC(=C[N+](=O)[O-])NCCSCC1=C(CN(C)C)C=S(C)C=C1. The zero-order valence-electron chi connectivity index (χ0n) is 14.2. The molecule has 23 heavy (non-hydrogen) atoms. The fourth-order valence-electron chi connectivity index (χ4n) is 2.00. The lowest BCUT2D eigenvalue weighted by Gasteiger charge is -2.18. The summed E-state index contributed by atoms with van der Waals surface area (Å²) in [6.45, 7) is 1.65. The van der Waals surface area contributed by atoms with Crippen LogP contribution in [-0.2, 0) is 0 Å². The Bertz CT molecular complexity index is 540. The minimum Gasteiger partial charge on any atom is -0.370 e. The lowest BCUT2D eigenvalue weighted by molar-refractivity contribution is -0.404. The Kier molecular flexibility index (Phi) is 9.05. The molecule has 0 aromatic rings. The van der Waals surface area contributed by atoms with Crippen molar-refractivity contribution < 1.29 is 4.92 Å². The van der Waals surface area contributed by atoms with Crippen molar-refractivity contribution in [3.8, 4) is 0 Å². The third-order valence-electron chi connectivity index (χ3n) is 3.03. The van der Waals surface area contributed by atoms with Crippen molar-refractivity contribution in [2.45, 2.75) is 0 Å². The van der Waals surface area contributed by atoms with Crippen molar-refractivity contribution in [3.05, 3.63) is 44.8 Å². The van der Waals surface area contributed by atoms with E-state index in [4.69, 9.17) is 0 Å². The number of hydrogen-bond donors (Lipinski definition) is 2. The number of likely N-dealkylation sites (N-methyl/N-ethyl adjacent to an activating group) is 1. The van der Waals surface area contributed by atoms with Crippen molar-refractivity contribution in [3.63, 3.8) is 0 Å². The van der Waals surface area contributed by atoms with Gasteiger partial charge >= 0.3 is 0 Å². The van der Waals surface area contributed by atoms with E-state index in [-0.39, 0.29) is 10.5 Å². The molecule has 1 atom stereocenters. The first-order chi connectivity index (χ1) is 10.9. The average Bonchev–Trinajstić information content (AvgIpc) is 2.46. The maximum absolute atomic E-state index is 10.4. The highest BCUT2D eigenvalue weighted by Gasteiger charge is 2.08. The predicted molar refractivity (Wildman–Crippen MR) is 104 cm³/mol. The Morgan fingerprint density at radius 3 is 2.83 bits per heavy atom. The van der Waals surface area contributed by atoms with Crippen LogP contribution in [0.15, 0.2) is 34.7 Å². The minimum absolute atomic E-state index is 0.229. The van der Waals surface area contributed by atoms with Crippen LogP contribution in [0.3, 0.4) is 0 Å². The van der Waals surface area contributed by atoms with Crippen LogP contribution >= 0.6 is 22.2 Å². The van der Waals surface area contributed by atoms with Gasteiger partial charge in [0.05, 0.1) is 4.92 Å². The highest BCUT2D eigenvalue weighted by atomic mass is 32.2. The second kappa shape index (κ2) is 10.5. The van der Waals surface area contributed by atoms with E-state index in [0.717, 1.165) is 24.3 Å². The first-order valence-corrected chi connectivity index (χ1v) is 10.2. The van der Waals surface area contributed by atoms with Crippen molar-refractivity contribution in [1.82, 2.24) is 15.5 Å². The van der Waals surface area contributed by atoms with Gasteiger partial charge < -0.3 is 15.5 Å². The van der Waals surface area contributed by atoms with E-state index < -0.39 is 4.92 Å². The van der Waals surface area contributed by atoms with Crippen LogP contribution in [-0.4, -0.2) is 67.2 Å². The molecule has 1 heterocycles. The van der Waals surface area contributed by atoms with Gasteiger partial charge in [0.25, 0.3) is 6.20 Å². The van der Waals surface area contributed by atoms with E-state index in [9.17, 15) is 10.1 Å². The van der Waals surface area contributed by atoms with Gasteiger partial charge in [0.15, 0.2) is 5.82 Å². The van der Waals surface area contributed by atoms with Gasteiger partial charge in [-0.25, -0.2) is 0 Å². The summed E-state index contributed by atoms with van der Waals surface area (Å²) in [5, 5.41) is 20.9. The molecule has 1 unspecified atom stereocenters. The third kappa shape index (κ3) is 8.24. The maximum atomic E-state index is 10.4. The molecule has 1 aliphatic rings. The molecule has 0 bridgehead atoms. The summed E-state index contributed by atoms with van der Waals surface area (Å²) in [6, 6.07) is 0. The van der Waals surface area contributed by atoms with Gasteiger partial charge in [-0.2, -0.15) is 22.2 Å². The first kappa shape index (κ1) is 19.8. The van der Waals surface area contributed by atoms with Crippen molar-refractivity contribution in [1.29, 1.82) is 0 Å². The molecule has 0 saturated carbocycles. The number of thioether (sulfide) groups is 1. The fourth-order valence-corrected chi connectivity index (χ4v) is 4.02. The van der Waals surface area contributed by atoms with Crippen LogP contribution in [0.5, 0.6) is 0 Å². The van der Waals surface area contributed by atoms with Crippen molar-refractivity contribution in [2.24, 2.45) is 0 Å². The molecule has 0 aromatic heterocycles. The molecular weight excluding hydrogens is 332 g/mol. The van der Waals surface area contributed by atoms with E-state index in [0.29, 0.717) is 12.4 Å². The minimum atomic E-state index is -0.463. The largest absolute Gasteiger partial charge is 0.370 e. The van der Waals surface area contributed by atoms with Gasteiger partial charge in [-0.05, 0) is 42.3 Å². The summed E-state index contributed by atoms with van der Waals surface area (Å²) in [4.78, 5) is 12.2. The summed E-state index contributed by atoms with van der Waals surface area (Å²) in [6.07, 6.45) is 5.42. The Hall–Kier alpha value is -1.25. The Morgan fingerprint density at radius 2 is 2.22 bits per heavy atom. The van der Waals surface area contributed by atoms with Gasteiger partial charge in [-0.3, -0.25) is 10.1 Å². The predicted octanol–water partition coefficient (Wildman–Crippen LogP) is 1.69. The van der Waals surface area contributed by atoms with Crippen LogP contribution in [0, 0.1) is 10.1 Å². The normalized spacial score (nSPS) is 18.1. The number of allylic oxidation sites excluding steroid dienone is 1. The van der Waals surface area contributed by atoms with Crippen molar-refractivity contribution >= 4 is 27.6 Å². The Morgan fingerprint density at radius 1 is 1.48 bits per heavy atom. The smallest absolute Gasteiger partial charge is 0.274 e. The van der Waals surface area contributed by atoms with E-state index in [1.54, 1.807) is 7.05 Å². The Balaban J connectivity index is 2.45. The topological polar surface area (TPSA) is 70.4 Å². The summed E-state index contributed by atoms with van der Waals surface area (Å²) in [5.41, 5.74) is 2.79. The molecule has 8 heteroatoms. The number of nitrogens with one attached hydrogen (secondary N) is 2. The molecule has 6 nitrogen and oxygen atoms in total. The van der Waals surface area contributed by atoms with Crippen LogP contribution in [0.1, 0.15) is 0 Å². The van der Waals surface area contributed by atoms with Crippen LogP contribution < -0.4 is 10.6 Å². The summed E-state index contributed by atoms with van der Waals surface area (Å²) < 4.78 is 0. The molecule has 0 spiro atoms. The van der Waals surface area contributed by atoms with E-state index >= 15 is 0 Å². The number of rotatable bonds is 10.